The molecule has 0 saturated carbocycles. The molecule has 0 fully saturated rings. The van der Waals surface area contributed by atoms with Gasteiger partial charge in [0.15, 0.2) is 0 Å². The van der Waals surface area contributed by atoms with Crippen LogP contribution in [0.4, 0.5) is 5.69 Å². The SMILES string of the molecule is CN1CN(Cc2cccc(Cl)c2)Cc2cc(C#CCc3ccccc3)ccc21. The van der Waals surface area contributed by atoms with Crippen molar-refractivity contribution in [1.82, 2.24) is 4.90 Å². The van der Waals surface area contributed by atoms with Crippen molar-refractivity contribution in [3.63, 3.8) is 0 Å². The lowest BCUT2D eigenvalue weighted by atomic mass is 10.0. The maximum atomic E-state index is 6.14. The molecule has 0 bridgehead atoms. The van der Waals surface area contributed by atoms with E-state index in [1.807, 2.05) is 24.3 Å². The van der Waals surface area contributed by atoms with Crippen LogP contribution in [0.5, 0.6) is 0 Å². The molecule has 3 aromatic carbocycles. The van der Waals surface area contributed by atoms with Crippen LogP contribution in [-0.2, 0) is 19.5 Å². The van der Waals surface area contributed by atoms with Gasteiger partial charge in [-0.25, -0.2) is 0 Å². The van der Waals surface area contributed by atoms with Gasteiger partial charge in [-0.3, -0.25) is 4.90 Å². The lowest BCUT2D eigenvalue weighted by Gasteiger charge is -2.36. The maximum Gasteiger partial charge on any atom is 0.0709 e. The Morgan fingerprint density at radius 2 is 1.75 bits per heavy atom. The van der Waals surface area contributed by atoms with E-state index in [0.29, 0.717) is 0 Å². The van der Waals surface area contributed by atoms with Gasteiger partial charge in [-0.2, -0.15) is 0 Å². The minimum absolute atomic E-state index is 0.777. The molecule has 0 spiro atoms. The molecule has 0 aliphatic carbocycles. The standard InChI is InChI=1S/C25H23ClN2/c1-27-19-28(17-22-11-6-12-24(26)16-22)18-23-15-21(13-14-25(23)27)10-5-9-20-7-3-2-4-8-20/h2-4,6-8,11-16H,9,17-19H2,1H3. The van der Waals surface area contributed by atoms with Gasteiger partial charge < -0.3 is 4.90 Å². The number of hydrogen-bond acceptors (Lipinski definition) is 2. The van der Waals surface area contributed by atoms with E-state index in [0.717, 1.165) is 36.8 Å². The van der Waals surface area contributed by atoms with Crippen LogP contribution >= 0.6 is 11.6 Å². The first-order valence-corrected chi connectivity index (χ1v) is 9.89. The number of fused-ring (bicyclic) bond motifs is 1. The molecule has 4 rings (SSSR count). The number of hydrogen-bond donors (Lipinski definition) is 0. The van der Waals surface area contributed by atoms with Gasteiger partial charge in [-0.15, -0.1) is 0 Å². The second kappa shape index (κ2) is 8.52. The average molecular weight is 387 g/mol. The Morgan fingerprint density at radius 3 is 2.57 bits per heavy atom. The molecule has 0 amide bonds. The molecule has 0 aromatic heterocycles. The van der Waals surface area contributed by atoms with Crippen LogP contribution in [0.25, 0.3) is 0 Å². The van der Waals surface area contributed by atoms with Crippen molar-refractivity contribution in [3.05, 3.63) is 100 Å². The summed E-state index contributed by atoms with van der Waals surface area (Å²) in [4.78, 5) is 4.72. The first-order valence-electron chi connectivity index (χ1n) is 9.51. The zero-order valence-electron chi connectivity index (χ0n) is 16.0. The van der Waals surface area contributed by atoms with Crippen LogP contribution in [0, 0.1) is 11.8 Å². The minimum atomic E-state index is 0.777. The zero-order chi connectivity index (χ0) is 19.3. The summed E-state index contributed by atoms with van der Waals surface area (Å²) in [5.41, 5.74) is 6.18. The van der Waals surface area contributed by atoms with Crippen molar-refractivity contribution >= 4 is 17.3 Å². The highest BCUT2D eigenvalue weighted by atomic mass is 35.5. The predicted octanol–water partition coefficient (Wildman–Crippen LogP) is 5.34. The number of anilines is 1. The quantitative estimate of drug-likeness (QED) is 0.560. The number of nitrogens with zero attached hydrogens (tertiary/aromatic N) is 2. The van der Waals surface area contributed by atoms with E-state index in [1.165, 1.54) is 22.4 Å². The van der Waals surface area contributed by atoms with Crippen molar-refractivity contribution in [2.45, 2.75) is 19.5 Å². The molecule has 0 N–H and O–H groups in total. The molecule has 28 heavy (non-hydrogen) atoms. The monoisotopic (exact) mass is 386 g/mol. The van der Waals surface area contributed by atoms with E-state index in [1.54, 1.807) is 0 Å². The van der Waals surface area contributed by atoms with Crippen LogP contribution in [-0.4, -0.2) is 18.6 Å². The second-order valence-electron chi connectivity index (χ2n) is 7.26. The molecule has 3 aromatic rings. The van der Waals surface area contributed by atoms with Crippen molar-refractivity contribution in [2.24, 2.45) is 0 Å². The predicted molar refractivity (Wildman–Crippen MR) is 117 cm³/mol. The Morgan fingerprint density at radius 1 is 0.929 bits per heavy atom. The van der Waals surface area contributed by atoms with Gasteiger partial charge in [-0.1, -0.05) is 65.9 Å². The summed E-state index contributed by atoms with van der Waals surface area (Å²) in [6.45, 7) is 2.70. The average Bonchev–Trinajstić information content (AvgIpc) is 2.69. The highest BCUT2D eigenvalue weighted by molar-refractivity contribution is 6.30. The third-order valence-electron chi connectivity index (χ3n) is 4.96. The van der Waals surface area contributed by atoms with Gasteiger partial charge in [0.1, 0.15) is 0 Å². The van der Waals surface area contributed by atoms with Crippen LogP contribution in [0.3, 0.4) is 0 Å². The highest BCUT2D eigenvalue weighted by Crippen LogP contribution is 2.28. The summed E-state index contributed by atoms with van der Waals surface area (Å²) in [5, 5.41) is 0.791. The van der Waals surface area contributed by atoms with Gasteiger partial charge in [0.2, 0.25) is 0 Å². The Balaban J connectivity index is 1.49. The lowest BCUT2D eigenvalue weighted by Crippen LogP contribution is -2.39. The first-order chi connectivity index (χ1) is 13.7. The third kappa shape index (κ3) is 4.57. The first kappa shape index (κ1) is 18.6. The largest absolute Gasteiger partial charge is 0.361 e. The maximum absolute atomic E-state index is 6.14. The molecule has 0 radical (unpaired) electrons. The molecule has 1 aliphatic heterocycles. The fourth-order valence-corrected chi connectivity index (χ4v) is 3.89. The summed E-state index contributed by atoms with van der Waals surface area (Å²) < 4.78 is 0. The molecule has 2 nitrogen and oxygen atoms in total. The van der Waals surface area contributed by atoms with E-state index >= 15 is 0 Å². The Kier molecular flexibility index (Phi) is 5.67. The fraction of sp³-hybridized carbons (Fsp3) is 0.200. The van der Waals surface area contributed by atoms with Gasteiger partial charge in [-0.05, 0) is 47.0 Å². The minimum Gasteiger partial charge on any atom is -0.361 e. The van der Waals surface area contributed by atoms with Gasteiger partial charge in [0, 0.05) is 42.8 Å². The fourth-order valence-electron chi connectivity index (χ4n) is 3.67. The van der Waals surface area contributed by atoms with E-state index in [9.17, 15) is 0 Å². The number of benzene rings is 3. The van der Waals surface area contributed by atoms with Crippen LogP contribution < -0.4 is 4.90 Å². The Bertz CT molecular complexity index is 1020. The molecule has 1 heterocycles. The Labute approximate surface area is 172 Å². The third-order valence-corrected chi connectivity index (χ3v) is 5.20. The highest BCUT2D eigenvalue weighted by Gasteiger charge is 2.20. The van der Waals surface area contributed by atoms with Crippen LogP contribution in [0.15, 0.2) is 72.8 Å². The molecule has 0 unspecified atom stereocenters. The van der Waals surface area contributed by atoms with Gasteiger partial charge in [0.05, 0.1) is 6.67 Å². The smallest absolute Gasteiger partial charge is 0.0709 e. The van der Waals surface area contributed by atoms with Crippen molar-refractivity contribution in [2.75, 3.05) is 18.6 Å². The molecular weight excluding hydrogens is 364 g/mol. The van der Waals surface area contributed by atoms with Crippen LogP contribution in [0.1, 0.15) is 22.3 Å². The molecular formula is C25H23ClN2. The van der Waals surface area contributed by atoms with Crippen molar-refractivity contribution in [1.29, 1.82) is 0 Å². The van der Waals surface area contributed by atoms with Crippen molar-refractivity contribution < 1.29 is 0 Å². The zero-order valence-corrected chi connectivity index (χ0v) is 16.8. The van der Waals surface area contributed by atoms with E-state index < -0.39 is 0 Å². The molecule has 0 atom stereocenters. The van der Waals surface area contributed by atoms with E-state index in [-0.39, 0.29) is 0 Å². The topological polar surface area (TPSA) is 6.48 Å². The number of rotatable bonds is 3. The van der Waals surface area contributed by atoms with Gasteiger partial charge >= 0.3 is 0 Å². The van der Waals surface area contributed by atoms with E-state index in [4.69, 9.17) is 11.6 Å². The van der Waals surface area contributed by atoms with Crippen molar-refractivity contribution in [3.8, 4) is 11.8 Å². The van der Waals surface area contributed by atoms with E-state index in [2.05, 4.69) is 77.2 Å². The summed E-state index contributed by atoms with van der Waals surface area (Å²) in [6, 6.07) is 25.0. The summed E-state index contributed by atoms with van der Waals surface area (Å²) in [6.07, 6.45) is 0.777. The Hall–Kier alpha value is -2.73. The van der Waals surface area contributed by atoms with Gasteiger partial charge in [0.25, 0.3) is 0 Å². The lowest BCUT2D eigenvalue weighted by molar-refractivity contribution is 0.248. The second-order valence-corrected chi connectivity index (χ2v) is 7.70. The number of halogens is 1. The summed E-state index contributed by atoms with van der Waals surface area (Å²) >= 11 is 6.14. The molecule has 1 aliphatic rings. The normalized spacial score (nSPS) is 13.6. The summed E-state index contributed by atoms with van der Waals surface area (Å²) in [7, 11) is 2.14. The van der Waals surface area contributed by atoms with Crippen LogP contribution in [0.2, 0.25) is 5.02 Å². The summed E-state index contributed by atoms with van der Waals surface area (Å²) in [5.74, 6) is 6.63. The molecule has 3 heteroatoms. The molecule has 140 valence electrons. The molecule has 0 saturated heterocycles.